The summed E-state index contributed by atoms with van der Waals surface area (Å²) in [5.41, 5.74) is 0.0453. The van der Waals surface area contributed by atoms with Crippen LogP contribution in [0.5, 0.6) is 5.75 Å². The third-order valence-electron chi connectivity index (χ3n) is 2.07. The molecule has 2 nitrogen and oxygen atoms in total. The summed E-state index contributed by atoms with van der Waals surface area (Å²) < 4.78 is 41.9. The Morgan fingerprint density at radius 1 is 1.41 bits per heavy atom. The van der Waals surface area contributed by atoms with Crippen LogP contribution >= 0.6 is 0 Å². The Morgan fingerprint density at radius 3 is 2.82 bits per heavy atom. The maximum Gasteiger partial charge on any atom is 0.387 e. The first-order chi connectivity index (χ1) is 8.15. The van der Waals surface area contributed by atoms with Gasteiger partial charge in [0.2, 0.25) is 0 Å². The zero-order valence-electron chi connectivity index (χ0n) is 9.42. The van der Waals surface area contributed by atoms with E-state index in [1.165, 1.54) is 24.3 Å². The van der Waals surface area contributed by atoms with Gasteiger partial charge < -0.3 is 10.1 Å². The van der Waals surface area contributed by atoms with Gasteiger partial charge in [-0.25, -0.2) is 4.39 Å². The van der Waals surface area contributed by atoms with Gasteiger partial charge in [0.15, 0.2) is 0 Å². The molecule has 0 atom stereocenters. The molecule has 0 fully saturated rings. The molecule has 0 bridgehead atoms. The smallest absolute Gasteiger partial charge is 0.387 e. The molecule has 1 aromatic carbocycles. The van der Waals surface area contributed by atoms with Gasteiger partial charge >= 0.3 is 6.61 Å². The monoisotopic (exact) mass is 245 g/mol. The van der Waals surface area contributed by atoms with Crippen molar-refractivity contribution in [2.75, 3.05) is 13.6 Å². The van der Waals surface area contributed by atoms with Gasteiger partial charge in [0, 0.05) is 0 Å². The molecule has 17 heavy (non-hydrogen) atoms. The van der Waals surface area contributed by atoms with E-state index in [2.05, 4.69) is 10.1 Å². The van der Waals surface area contributed by atoms with Crippen LogP contribution in [0.2, 0.25) is 0 Å². The maximum absolute atomic E-state index is 13.4. The number of alkyl halides is 2. The fourth-order valence-electron chi connectivity index (χ4n) is 1.31. The summed E-state index contributed by atoms with van der Waals surface area (Å²) in [5, 5.41) is 2.92. The van der Waals surface area contributed by atoms with Crippen LogP contribution in [-0.4, -0.2) is 20.2 Å². The zero-order chi connectivity index (χ0) is 12.7. The minimum Gasteiger partial charge on any atom is -0.434 e. The third kappa shape index (κ3) is 4.48. The molecule has 0 radical (unpaired) electrons. The van der Waals surface area contributed by atoms with E-state index in [1.807, 2.05) is 0 Å². The molecular formula is C12H14F3NO. The van der Waals surface area contributed by atoms with Crippen LogP contribution in [0.1, 0.15) is 12.0 Å². The van der Waals surface area contributed by atoms with Crippen LogP contribution in [0.25, 0.3) is 6.08 Å². The normalized spacial score (nSPS) is 11.4. The maximum atomic E-state index is 13.4. The lowest BCUT2D eigenvalue weighted by Crippen LogP contribution is -2.06. The number of ether oxygens (including phenoxy) is 1. The largest absolute Gasteiger partial charge is 0.434 e. The molecule has 0 spiro atoms. The average molecular weight is 245 g/mol. The van der Waals surface area contributed by atoms with Crippen LogP contribution in [0, 0.1) is 5.82 Å². The highest BCUT2D eigenvalue weighted by Gasteiger charge is 2.10. The third-order valence-corrected chi connectivity index (χ3v) is 2.07. The van der Waals surface area contributed by atoms with E-state index in [0.717, 1.165) is 6.54 Å². The lowest BCUT2D eigenvalue weighted by Gasteiger charge is -2.08. The lowest BCUT2D eigenvalue weighted by atomic mass is 10.1. The molecule has 1 N–H and O–H groups in total. The van der Waals surface area contributed by atoms with Crippen LogP contribution in [-0.2, 0) is 0 Å². The highest BCUT2D eigenvalue weighted by Crippen LogP contribution is 2.24. The van der Waals surface area contributed by atoms with Crippen LogP contribution < -0.4 is 10.1 Å². The van der Waals surface area contributed by atoms with Crippen molar-refractivity contribution in [3.8, 4) is 5.75 Å². The van der Waals surface area contributed by atoms with E-state index < -0.39 is 12.4 Å². The lowest BCUT2D eigenvalue weighted by molar-refractivity contribution is -0.0501. The van der Waals surface area contributed by atoms with Crippen molar-refractivity contribution in [3.63, 3.8) is 0 Å². The van der Waals surface area contributed by atoms with Crippen molar-refractivity contribution >= 4 is 6.08 Å². The fourth-order valence-corrected chi connectivity index (χ4v) is 1.31. The molecule has 0 saturated heterocycles. The summed E-state index contributed by atoms with van der Waals surface area (Å²) >= 11 is 0. The molecule has 0 unspecified atom stereocenters. The molecule has 0 heterocycles. The minimum absolute atomic E-state index is 0.0453. The SMILES string of the molecule is CNCCC=Cc1c(F)cccc1OC(F)F. The predicted molar refractivity (Wildman–Crippen MR) is 60.6 cm³/mol. The van der Waals surface area contributed by atoms with Crippen molar-refractivity contribution in [1.29, 1.82) is 0 Å². The summed E-state index contributed by atoms with van der Waals surface area (Å²) in [7, 11) is 1.79. The molecule has 0 aliphatic carbocycles. The first-order valence-electron chi connectivity index (χ1n) is 5.19. The minimum atomic E-state index is -2.96. The summed E-state index contributed by atoms with van der Waals surface area (Å²) in [6.07, 6.45) is 3.83. The molecule has 0 aliphatic rings. The summed E-state index contributed by atoms with van der Waals surface area (Å²) in [6.45, 7) is -2.23. The molecule has 0 aliphatic heterocycles. The number of rotatable bonds is 6. The Bertz CT molecular complexity index is 380. The molecule has 0 amide bonds. The zero-order valence-corrected chi connectivity index (χ0v) is 9.42. The summed E-state index contributed by atoms with van der Waals surface area (Å²) in [4.78, 5) is 0. The quantitative estimate of drug-likeness (QED) is 0.778. The van der Waals surface area contributed by atoms with Crippen LogP contribution in [0.15, 0.2) is 24.3 Å². The molecule has 5 heteroatoms. The summed E-state index contributed by atoms with van der Waals surface area (Å²) in [5.74, 6) is -0.732. The van der Waals surface area contributed by atoms with E-state index >= 15 is 0 Å². The van der Waals surface area contributed by atoms with Gasteiger partial charge in [-0.15, -0.1) is 0 Å². The fraction of sp³-hybridized carbons (Fsp3) is 0.333. The van der Waals surface area contributed by atoms with Gasteiger partial charge in [0.1, 0.15) is 11.6 Å². The molecule has 94 valence electrons. The molecule has 1 rings (SSSR count). The first kappa shape index (κ1) is 13.6. The van der Waals surface area contributed by atoms with Crippen molar-refractivity contribution in [1.82, 2.24) is 5.32 Å². The van der Waals surface area contributed by atoms with Gasteiger partial charge in [-0.2, -0.15) is 8.78 Å². The topological polar surface area (TPSA) is 21.3 Å². The van der Waals surface area contributed by atoms with E-state index in [1.54, 1.807) is 13.1 Å². The van der Waals surface area contributed by atoms with Gasteiger partial charge in [-0.3, -0.25) is 0 Å². The Kier molecular flexibility index (Phi) is 5.56. The van der Waals surface area contributed by atoms with E-state index in [4.69, 9.17) is 0 Å². The van der Waals surface area contributed by atoms with Gasteiger partial charge in [-0.1, -0.05) is 18.2 Å². The number of hydrogen-bond donors (Lipinski definition) is 1. The number of hydrogen-bond acceptors (Lipinski definition) is 2. The second kappa shape index (κ2) is 6.96. The van der Waals surface area contributed by atoms with Gasteiger partial charge in [0.05, 0.1) is 5.56 Å². The predicted octanol–water partition coefficient (Wildman–Crippen LogP) is 3.05. The Labute approximate surface area is 98.1 Å². The van der Waals surface area contributed by atoms with Crippen molar-refractivity contribution < 1.29 is 17.9 Å². The van der Waals surface area contributed by atoms with Crippen molar-refractivity contribution in [2.45, 2.75) is 13.0 Å². The second-order valence-electron chi connectivity index (χ2n) is 3.32. The summed E-state index contributed by atoms with van der Waals surface area (Å²) in [6, 6.07) is 3.85. The number of benzene rings is 1. The van der Waals surface area contributed by atoms with Gasteiger partial charge in [-0.05, 0) is 32.1 Å². The van der Waals surface area contributed by atoms with Gasteiger partial charge in [0.25, 0.3) is 0 Å². The molecule has 0 aromatic heterocycles. The Balaban J connectivity index is 2.83. The standard InChI is InChI=1S/C12H14F3NO/c1-16-8-3-2-5-9-10(13)6-4-7-11(9)17-12(14)15/h2,4-7,12,16H,3,8H2,1H3. The average Bonchev–Trinajstić information content (AvgIpc) is 2.26. The second-order valence-corrected chi connectivity index (χ2v) is 3.32. The van der Waals surface area contributed by atoms with Crippen molar-refractivity contribution in [3.05, 3.63) is 35.7 Å². The van der Waals surface area contributed by atoms with Crippen molar-refractivity contribution in [2.24, 2.45) is 0 Å². The molecular weight excluding hydrogens is 231 g/mol. The van der Waals surface area contributed by atoms with Crippen LogP contribution in [0.4, 0.5) is 13.2 Å². The number of halogens is 3. The Hall–Kier alpha value is -1.49. The Morgan fingerprint density at radius 2 is 2.18 bits per heavy atom. The van der Waals surface area contributed by atoms with E-state index in [-0.39, 0.29) is 11.3 Å². The first-order valence-corrected chi connectivity index (χ1v) is 5.19. The molecule has 0 saturated carbocycles. The molecule has 1 aromatic rings. The number of nitrogens with one attached hydrogen (secondary N) is 1. The highest BCUT2D eigenvalue weighted by atomic mass is 19.3. The van der Waals surface area contributed by atoms with E-state index in [0.29, 0.717) is 6.42 Å². The van der Waals surface area contributed by atoms with E-state index in [9.17, 15) is 13.2 Å². The highest BCUT2D eigenvalue weighted by molar-refractivity contribution is 5.57. The van der Waals surface area contributed by atoms with Crippen LogP contribution in [0.3, 0.4) is 0 Å².